The van der Waals surface area contributed by atoms with Crippen molar-refractivity contribution in [1.82, 2.24) is 4.98 Å². The van der Waals surface area contributed by atoms with E-state index in [1.807, 2.05) is 12.1 Å². The second-order valence-corrected chi connectivity index (χ2v) is 4.68. The number of rotatable bonds is 5. The Labute approximate surface area is 83.7 Å². The van der Waals surface area contributed by atoms with E-state index in [9.17, 15) is 8.42 Å². The molecule has 0 unspecified atom stereocenters. The molecule has 1 rings (SSSR count). The fourth-order valence-electron chi connectivity index (χ4n) is 1.16. The van der Waals surface area contributed by atoms with Crippen LogP contribution < -0.4 is 0 Å². The summed E-state index contributed by atoms with van der Waals surface area (Å²) in [6.07, 6.45) is 5.47. The summed E-state index contributed by atoms with van der Waals surface area (Å²) < 4.78 is 29.2. The predicted molar refractivity (Wildman–Crippen MR) is 53.6 cm³/mol. The molecule has 0 amide bonds. The maximum absolute atomic E-state index is 10.4. The van der Waals surface area contributed by atoms with Gasteiger partial charge in [0.15, 0.2) is 0 Å². The Morgan fingerprint density at radius 2 is 2.14 bits per heavy atom. The number of hydrogen-bond acceptors (Lipinski definition) is 3. The van der Waals surface area contributed by atoms with Crippen molar-refractivity contribution in [2.45, 2.75) is 19.3 Å². The van der Waals surface area contributed by atoms with Gasteiger partial charge in [0.05, 0.1) is 5.75 Å². The maximum Gasteiger partial charge on any atom is 0.264 e. The van der Waals surface area contributed by atoms with Crippen molar-refractivity contribution in [3.8, 4) is 0 Å². The minimum absolute atomic E-state index is 0.159. The fourth-order valence-corrected chi connectivity index (χ4v) is 1.73. The molecule has 4 nitrogen and oxygen atoms in total. The Bertz CT molecular complexity index is 361. The SMILES string of the molecule is O=S(=O)(O)CCCCc1cccnc1. The molecule has 78 valence electrons. The number of pyridine rings is 1. The van der Waals surface area contributed by atoms with Crippen LogP contribution in [0.15, 0.2) is 24.5 Å². The second-order valence-electron chi connectivity index (χ2n) is 3.10. The number of hydrogen-bond donors (Lipinski definition) is 1. The predicted octanol–water partition coefficient (Wildman–Crippen LogP) is 1.29. The van der Waals surface area contributed by atoms with Gasteiger partial charge in [-0.15, -0.1) is 0 Å². The van der Waals surface area contributed by atoms with E-state index in [1.54, 1.807) is 12.4 Å². The molecule has 0 aliphatic rings. The third-order valence-corrected chi connectivity index (χ3v) is 2.65. The number of aryl methyl sites for hydroxylation is 1. The molecule has 14 heavy (non-hydrogen) atoms. The topological polar surface area (TPSA) is 67.3 Å². The molecular formula is C9H13NO3S. The summed E-state index contributed by atoms with van der Waals surface area (Å²) in [6.45, 7) is 0. The van der Waals surface area contributed by atoms with Crippen molar-refractivity contribution in [2.24, 2.45) is 0 Å². The first kappa shape index (κ1) is 11.1. The van der Waals surface area contributed by atoms with Gasteiger partial charge < -0.3 is 0 Å². The van der Waals surface area contributed by atoms with E-state index in [0.717, 1.165) is 18.4 Å². The van der Waals surface area contributed by atoms with Crippen molar-refractivity contribution in [2.75, 3.05) is 5.75 Å². The molecule has 0 radical (unpaired) electrons. The van der Waals surface area contributed by atoms with E-state index < -0.39 is 10.1 Å². The molecule has 1 heterocycles. The van der Waals surface area contributed by atoms with Crippen LogP contribution in [0.3, 0.4) is 0 Å². The highest BCUT2D eigenvalue weighted by Gasteiger charge is 2.03. The Morgan fingerprint density at radius 1 is 1.36 bits per heavy atom. The van der Waals surface area contributed by atoms with Crippen molar-refractivity contribution in [3.05, 3.63) is 30.1 Å². The van der Waals surface area contributed by atoms with Crippen molar-refractivity contribution >= 4 is 10.1 Å². The minimum Gasteiger partial charge on any atom is -0.286 e. The standard InChI is InChI=1S/C9H13NO3S/c11-14(12,13)7-2-1-4-9-5-3-6-10-8-9/h3,5-6,8H,1-2,4,7H2,(H,11,12,13). The lowest BCUT2D eigenvalue weighted by Gasteiger charge is -1.99. The van der Waals surface area contributed by atoms with Gasteiger partial charge in [-0.25, -0.2) is 0 Å². The third-order valence-electron chi connectivity index (χ3n) is 1.84. The summed E-state index contributed by atoms with van der Waals surface area (Å²) in [7, 11) is -3.79. The highest BCUT2D eigenvalue weighted by Crippen LogP contribution is 2.03. The first-order valence-corrected chi connectivity index (χ1v) is 6.03. The molecule has 0 aromatic carbocycles. The molecule has 1 aromatic heterocycles. The molecule has 0 fully saturated rings. The van der Waals surface area contributed by atoms with Crippen molar-refractivity contribution < 1.29 is 13.0 Å². The second kappa shape index (κ2) is 5.07. The van der Waals surface area contributed by atoms with Crippen LogP contribution in [0, 0.1) is 0 Å². The summed E-state index contributed by atoms with van der Waals surface area (Å²) in [5.74, 6) is -0.159. The average molecular weight is 215 g/mol. The van der Waals surface area contributed by atoms with Crippen LogP contribution >= 0.6 is 0 Å². The van der Waals surface area contributed by atoms with Gasteiger partial charge >= 0.3 is 0 Å². The van der Waals surface area contributed by atoms with Gasteiger partial charge in [0.2, 0.25) is 0 Å². The quantitative estimate of drug-likeness (QED) is 0.593. The molecule has 0 aliphatic heterocycles. The zero-order chi connectivity index (χ0) is 10.4. The smallest absolute Gasteiger partial charge is 0.264 e. The van der Waals surface area contributed by atoms with Gasteiger partial charge in [-0.1, -0.05) is 6.07 Å². The zero-order valence-corrected chi connectivity index (χ0v) is 8.57. The van der Waals surface area contributed by atoms with E-state index in [0.29, 0.717) is 6.42 Å². The largest absolute Gasteiger partial charge is 0.286 e. The molecule has 0 spiro atoms. The molecule has 0 bridgehead atoms. The van der Waals surface area contributed by atoms with Gasteiger partial charge in [0.25, 0.3) is 10.1 Å². The maximum atomic E-state index is 10.4. The third kappa shape index (κ3) is 4.94. The lowest BCUT2D eigenvalue weighted by atomic mass is 10.1. The number of nitrogens with zero attached hydrogens (tertiary/aromatic N) is 1. The van der Waals surface area contributed by atoms with Gasteiger partial charge in [0.1, 0.15) is 0 Å². The summed E-state index contributed by atoms with van der Waals surface area (Å²) in [5.41, 5.74) is 1.09. The van der Waals surface area contributed by atoms with E-state index in [4.69, 9.17) is 4.55 Å². The van der Waals surface area contributed by atoms with Crippen molar-refractivity contribution in [3.63, 3.8) is 0 Å². The van der Waals surface area contributed by atoms with E-state index in [-0.39, 0.29) is 5.75 Å². The first-order valence-electron chi connectivity index (χ1n) is 4.42. The molecular weight excluding hydrogens is 202 g/mol. The van der Waals surface area contributed by atoms with Crippen LogP contribution in [0.2, 0.25) is 0 Å². The Balaban J connectivity index is 2.23. The fraction of sp³-hybridized carbons (Fsp3) is 0.444. The Kier molecular flexibility index (Phi) is 4.03. The molecule has 0 saturated heterocycles. The number of unbranched alkanes of at least 4 members (excludes halogenated alkanes) is 1. The van der Waals surface area contributed by atoms with Crippen molar-refractivity contribution in [1.29, 1.82) is 0 Å². The monoisotopic (exact) mass is 215 g/mol. The van der Waals surface area contributed by atoms with Gasteiger partial charge in [-0.3, -0.25) is 9.54 Å². The number of aromatic nitrogens is 1. The average Bonchev–Trinajstić information content (AvgIpc) is 2.13. The lowest BCUT2D eigenvalue weighted by Crippen LogP contribution is -2.03. The zero-order valence-electron chi connectivity index (χ0n) is 7.76. The van der Waals surface area contributed by atoms with E-state index in [1.165, 1.54) is 0 Å². The van der Waals surface area contributed by atoms with E-state index in [2.05, 4.69) is 4.98 Å². The van der Waals surface area contributed by atoms with Crippen LogP contribution in [0.1, 0.15) is 18.4 Å². The molecule has 0 aliphatic carbocycles. The van der Waals surface area contributed by atoms with Crippen LogP contribution in [0.25, 0.3) is 0 Å². The summed E-state index contributed by atoms with van der Waals surface area (Å²) in [6, 6.07) is 3.79. The van der Waals surface area contributed by atoms with Gasteiger partial charge in [-0.2, -0.15) is 8.42 Å². The Morgan fingerprint density at radius 3 is 2.71 bits per heavy atom. The molecule has 5 heteroatoms. The van der Waals surface area contributed by atoms with Crippen LogP contribution in [0.4, 0.5) is 0 Å². The van der Waals surface area contributed by atoms with Crippen LogP contribution in [-0.4, -0.2) is 23.7 Å². The Hall–Kier alpha value is -0.940. The van der Waals surface area contributed by atoms with E-state index >= 15 is 0 Å². The normalized spacial score (nSPS) is 11.5. The molecule has 0 saturated carbocycles. The molecule has 1 aromatic rings. The van der Waals surface area contributed by atoms with Crippen LogP contribution in [0.5, 0.6) is 0 Å². The lowest BCUT2D eigenvalue weighted by molar-refractivity contribution is 0.480. The first-order chi connectivity index (χ1) is 6.58. The summed E-state index contributed by atoms with van der Waals surface area (Å²) in [5, 5.41) is 0. The molecule has 0 atom stereocenters. The summed E-state index contributed by atoms with van der Waals surface area (Å²) >= 11 is 0. The molecule has 1 N–H and O–H groups in total. The van der Waals surface area contributed by atoms with Gasteiger partial charge in [0, 0.05) is 12.4 Å². The minimum atomic E-state index is -3.79. The summed E-state index contributed by atoms with van der Waals surface area (Å²) in [4.78, 5) is 3.94. The van der Waals surface area contributed by atoms with Gasteiger partial charge in [-0.05, 0) is 30.9 Å². The highest BCUT2D eigenvalue weighted by atomic mass is 32.2. The van der Waals surface area contributed by atoms with Crippen LogP contribution in [-0.2, 0) is 16.5 Å². The highest BCUT2D eigenvalue weighted by molar-refractivity contribution is 7.85.